The first kappa shape index (κ1) is 8.88. The Hall–Kier alpha value is -1.70. The lowest BCUT2D eigenvalue weighted by Gasteiger charge is -2.07. The zero-order valence-electron chi connectivity index (χ0n) is 8.36. The lowest BCUT2D eigenvalue weighted by molar-refractivity contribution is 1.24. The van der Waals surface area contributed by atoms with Crippen LogP contribution in [0.3, 0.4) is 0 Å². The molecule has 2 heterocycles. The van der Waals surface area contributed by atoms with Crippen LogP contribution in [0.5, 0.6) is 0 Å². The van der Waals surface area contributed by atoms with Gasteiger partial charge in [-0.15, -0.1) is 0 Å². The first-order valence-corrected chi connectivity index (χ1v) is 4.60. The van der Waals surface area contributed by atoms with E-state index in [0.717, 1.165) is 0 Å². The van der Waals surface area contributed by atoms with Crippen molar-refractivity contribution in [3.8, 4) is 11.1 Å². The molecular weight excluding hydrogens is 172 g/mol. The van der Waals surface area contributed by atoms with Gasteiger partial charge in [-0.3, -0.25) is 9.97 Å². The molecular formula is C12H12N2. The van der Waals surface area contributed by atoms with Gasteiger partial charge in [-0.1, -0.05) is 0 Å². The molecule has 0 aromatic carbocycles. The Kier molecular flexibility index (Phi) is 2.27. The molecule has 2 nitrogen and oxygen atoms in total. The van der Waals surface area contributed by atoms with Crippen molar-refractivity contribution in [3.05, 3.63) is 48.0 Å². The molecule has 0 saturated carbocycles. The maximum atomic E-state index is 4.14. The lowest BCUT2D eigenvalue weighted by atomic mass is 10.0. The lowest BCUT2D eigenvalue weighted by Crippen LogP contribution is -1.88. The van der Waals surface area contributed by atoms with Gasteiger partial charge in [0.1, 0.15) is 0 Å². The van der Waals surface area contributed by atoms with Crippen LogP contribution in [0.2, 0.25) is 0 Å². The standard InChI is InChI=1S/C12H12N2/c1-9-3-5-14-8-12(9)11-4-6-13-7-10(11)2/h3-8H,1-2H3. The van der Waals surface area contributed by atoms with E-state index in [9.17, 15) is 0 Å². The van der Waals surface area contributed by atoms with Crippen molar-refractivity contribution in [2.75, 3.05) is 0 Å². The van der Waals surface area contributed by atoms with Gasteiger partial charge in [-0.2, -0.15) is 0 Å². The first-order valence-electron chi connectivity index (χ1n) is 4.60. The van der Waals surface area contributed by atoms with Crippen molar-refractivity contribution in [1.82, 2.24) is 9.97 Å². The van der Waals surface area contributed by atoms with Crippen LogP contribution in [0.25, 0.3) is 11.1 Å². The number of hydrogen-bond donors (Lipinski definition) is 0. The number of hydrogen-bond acceptors (Lipinski definition) is 2. The largest absolute Gasteiger partial charge is 0.264 e. The van der Waals surface area contributed by atoms with Crippen LogP contribution in [0.1, 0.15) is 11.1 Å². The highest BCUT2D eigenvalue weighted by molar-refractivity contribution is 5.68. The zero-order chi connectivity index (χ0) is 9.97. The Bertz CT molecular complexity index is 406. The third-order valence-electron chi connectivity index (χ3n) is 2.35. The summed E-state index contributed by atoms with van der Waals surface area (Å²) in [6.45, 7) is 4.16. The van der Waals surface area contributed by atoms with Crippen molar-refractivity contribution in [2.45, 2.75) is 13.8 Å². The molecule has 0 N–H and O–H groups in total. The normalized spacial score (nSPS) is 10.1. The minimum absolute atomic E-state index is 1.18. The molecule has 0 spiro atoms. The van der Waals surface area contributed by atoms with E-state index < -0.39 is 0 Å². The average molecular weight is 184 g/mol. The molecule has 70 valence electrons. The number of pyridine rings is 2. The second kappa shape index (κ2) is 3.58. The molecule has 0 amide bonds. The predicted molar refractivity (Wildman–Crippen MR) is 56.9 cm³/mol. The smallest absolute Gasteiger partial charge is 0.0349 e. The Morgan fingerprint density at radius 2 is 1.50 bits per heavy atom. The molecule has 2 aromatic heterocycles. The highest BCUT2D eigenvalue weighted by Gasteiger charge is 2.03. The summed E-state index contributed by atoms with van der Waals surface area (Å²) in [5.41, 5.74) is 4.83. The number of rotatable bonds is 1. The van der Waals surface area contributed by atoms with Crippen LogP contribution in [0.15, 0.2) is 36.9 Å². The highest BCUT2D eigenvalue weighted by Crippen LogP contribution is 2.24. The maximum absolute atomic E-state index is 4.14. The van der Waals surface area contributed by atoms with Gasteiger partial charge in [0.2, 0.25) is 0 Å². The topological polar surface area (TPSA) is 25.8 Å². The number of nitrogens with zero attached hydrogens (tertiary/aromatic N) is 2. The Morgan fingerprint density at radius 3 is 2.21 bits per heavy atom. The van der Waals surface area contributed by atoms with Gasteiger partial charge in [-0.25, -0.2) is 0 Å². The van der Waals surface area contributed by atoms with Gasteiger partial charge in [-0.05, 0) is 42.7 Å². The highest BCUT2D eigenvalue weighted by atomic mass is 14.6. The van der Waals surface area contributed by atoms with Crippen LogP contribution in [0, 0.1) is 13.8 Å². The fourth-order valence-electron chi connectivity index (χ4n) is 1.52. The van der Waals surface area contributed by atoms with Crippen molar-refractivity contribution >= 4 is 0 Å². The van der Waals surface area contributed by atoms with Gasteiger partial charge in [0, 0.05) is 30.4 Å². The Labute approximate surface area is 83.7 Å². The molecule has 0 unspecified atom stereocenters. The monoisotopic (exact) mass is 184 g/mol. The predicted octanol–water partition coefficient (Wildman–Crippen LogP) is 2.76. The minimum atomic E-state index is 1.18. The number of aryl methyl sites for hydroxylation is 2. The molecule has 0 bridgehead atoms. The molecule has 2 rings (SSSR count). The maximum Gasteiger partial charge on any atom is 0.0349 e. The van der Waals surface area contributed by atoms with E-state index in [1.54, 1.807) is 0 Å². The van der Waals surface area contributed by atoms with Gasteiger partial charge in [0.05, 0.1) is 0 Å². The van der Waals surface area contributed by atoms with Crippen molar-refractivity contribution < 1.29 is 0 Å². The summed E-state index contributed by atoms with van der Waals surface area (Å²) in [5.74, 6) is 0. The summed E-state index contributed by atoms with van der Waals surface area (Å²) in [7, 11) is 0. The summed E-state index contributed by atoms with van der Waals surface area (Å²) in [4.78, 5) is 8.22. The Morgan fingerprint density at radius 1 is 0.786 bits per heavy atom. The minimum Gasteiger partial charge on any atom is -0.264 e. The zero-order valence-corrected chi connectivity index (χ0v) is 8.36. The van der Waals surface area contributed by atoms with E-state index in [2.05, 4.69) is 23.8 Å². The van der Waals surface area contributed by atoms with E-state index in [1.807, 2.05) is 36.9 Å². The van der Waals surface area contributed by atoms with Gasteiger partial charge >= 0.3 is 0 Å². The molecule has 0 radical (unpaired) electrons. The fourth-order valence-corrected chi connectivity index (χ4v) is 1.52. The van der Waals surface area contributed by atoms with Crippen molar-refractivity contribution in [3.63, 3.8) is 0 Å². The molecule has 0 saturated heterocycles. The molecule has 2 heteroatoms. The second-order valence-corrected chi connectivity index (χ2v) is 3.38. The summed E-state index contributed by atoms with van der Waals surface area (Å²) in [5, 5.41) is 0. The second-order valence-electron chi connectivity index (χ2n) is 3.38. The van der Waals surface area contributed by atoms with Crippen molar-refractivity contribution in [2.24, 2.45) is 0 Å². The fraction of sp³-hybridized carbons (Fsp3) is 0.167. The SMILES string of the molecule is Cc1cnccc1-c1cnccc1C. The van der Waals surface area contributed by atoms with Crippen LogP contribution in [0.4, 0.5) is 0 Å². The van der Waals surface area contributed by atoms with Crippen molar-refractivity contribution in [1.29, 1.82) is 0 Å². The molecule has 0 aliphatic heterocycles. The molecule has 0 fully saturated rings. The van der Waals surface area contributed by atoms with E-state index >= 15 is 0 Å². The van der Waals surface area contributed by atoms with E-state index in [0.29, 0.717) is 0 Å². The summed E-state index contributed by atoms with van der Waals surface area (Å²) < 4.78 is 0. The van der Waals surface area contributed by atoms with Gasteiger partial charge < -0.3 is 0 Å². The van der Waals surface area contributed by atoms with E-state index in [4.69, 9.17) is 0 Å². The molecule has 0 aliphatic rings. The average Bonchev–Trinajstić information content (AvgIpc) is 2.20. The number of aromatic nitrogens is 2. The third-order valence-corrected chi connectivity index (χ3v) is 2.35. The van der Waals surface area contributed by atoms with Crippen LogP contribution >= 0.6 is 0 Å². The molecule has 14 heavy (non-hydrogen) atoms. The summed E-state index contributed by atoms with van der Waals surface area (Å²) in [6, 6.07) is 4.05. The quantitative estimate of drug-likeness (QED) is 0.681. The van der Waals surface area contributed by atoms with E-state index in [1.165, 1.54) is 22.3 Å². The van der Waals surface area contributed by atoms with Gasteiger partial charge in [0.15, 0.2) is 0 Å². The third kappa shape index (κ3) is 1.51. The van der Waals surface area contributed by atoms with Crippen LogP contribution in [-0.4, -0.2) is 9.97 Å². The van der Waals surface area contributed by atoms with Crippen LogP contribution in [-0.2, 0) is 0 Å². The molecule has 0 atom stereocenters. The summed E-state index contributed by atoms with van der Waals surface area (Å²) in [6.07, 6.45) is 7.41. The van der Waals surface area contributed by atoms with Gasteiger partial charge in [0.25, 0.3) is 0 Å². The van der Waals surface area contributed by atoms with E-state index in [-0.39, 0.29) is 0 Å². The Balaban J connectivity index is 2.61. The first-order chi connectivity index (χ1) is 6.79. The van der Waals surface area contributed by atoms with Crippen LogP contribution < -0.4 is 0 Å². The molecule has 2 aromatic rings. The summed E-state index contributed by atoms with van der Waals surface area (Å²) >= 11 is 0. The molecule has 0 aliphatic carbocycles.